The van der Waals surface area contributed by atoms with Crippen LogP contribution >= 0.6 is 9.24 Å². The van der Waals surface area contributed by atoms with Crippen molar-refractivity contribution in [3.05, 3.63) is 0 Å². The van der Waals surface area contributed by atoms with Crippen LogP contribution in [0.15, 0.2) is 0 Å². The van der Waals surface area contributed by atoms with Crippen molar-refractivity contribution in [1.82, 2.24) is 0 Å². The molecule has 0 bridgehead atoms. The third kappa shape index (κ3) is 4.21. The summed E-state index contributed by atoms with van der Waals surface area (Å²) in [6.45, 7) is 4.00. The molecule has 1 nitrogen and oxygen atoms in total. The first kappa shape index (κ1) is 15.4. The normalized spacial score (nSPS) is 38.1. The van der Waals surface area contributed by atoms with Crippen LogP contribution in [0.2, 0.25) is 0 Å². The summed E-state index contributed by atoms with van der Waals surface area (Å²) in [5.41, 5.74) is 0.861. The number of ether oxygens (including phenoxy) is 1. The topological polar surface area (TPSA) is 9.23 Å². The first-order valence-electron chi connectivity index (χ1n) is 7.61. The summed E-state index contributed by atoms with van der Waals surface area (Å²) in [5, 5.41) is 0. The van der Waals surface area contributed by atoms with Crippen LogP contribution < -0.4 is 0 Å². The van der Waals surface area contributed by atoms with Crippen LogP contribution in [0.1, 0.15) is 65.2 Å². The van der Waals surface area contributed by atoms with Crippen LogP contribution in [-0.4, -0.2) is 18.9 Å². The highest BCUT2D eigenvalue weighted by Crippen LogP contribution is 2.42. The van der Waals surface area contributed by atoms with Crippen LogP contribution in [0.4, 0.5) is 0 Å². The van der Waals surface area contributed by atoms with Gasteiger partial charge in [-0.2, -0.15) is 0 Å². The summed E-state index contributed by atoms with van der Waals surface area (Å²) in [6, 6.07) is 0. The molecule has 0 N–H and O–H groups in total. The van der Waals surface area contributed by atoms with Crippen LogP contribution in [0.25, 0.3) is 0 Å². The second kappa shape index (κ2) is 8.48. The second-order valence-corrected chi connectivity index (χ2v) is 6.19. The fraction of sp³-hybridized carbons (Fsp3) is 1.00. The minimum atomic E-state index is 0.560. The molecular formula is C15H31OP. The molecule has 2 fully saturated rings. The lowest BCUT2D eigenvalue weighted by atomic mass is 9.71. The van der Waals surface area contributed by atoms with Crippen molar-refractivity contribution >= 4 is 9.24 Å². The van der Waals surface area contributed by atoms with Gasteiger partial charge in [-0.15, -0.1) is 9.24 Å². The van der Waals surface area contributed by atoms with E-state index in [9.17, 15) is 0 Å². The van der Waals surface area contributed by atoms with E-state index in [2.05, 4.69) is 9.24 Å². The van der Waals surface area contributed by atoms with Crippen molar-refractivity contribution in [2.75, 3.05) is 7.11 Å². The van der Waals surface area contributed by atoms with Crippen molar-refractivity contribution in [1.29, 1.82) is 0 Å². The Labute approximate surface area is 110 Å². The molecule has 5 atom stereocenters. The quantitative estimate of drug-likeness (QED) is 0.655. The maximum atomic E-state index is 5.70. The summed E-state index contributed by atoms with van der Waals surface area (Å²) >= 11 is 0. The van der Waals surface area contributed by atoms with Crippen molar-refractivity contribution in [3.63, 3.8) is 0 Å². The van der Waals surface area contributed by atoms with Crippen molar-refractivity contribution in [2.45, 2.75) is 77.0 Å². The molecule has 17 heavy (non-hydrogen) atoms. The predicted octanol–water partition coefficient (Wildman–Crippen LogP) is 4.65. The van der Waals surface area contributed by atoms with E-state index >= 15 is 0 Å². The molecule has 2 saturated carbocycles. The van der Waals surface area contributed by atoms with Crippen molar-refractivity contribution < 1.29 is 4.74 Å². The Morgan fingerprint density at radius 2 is 1.35 bits per heavy atom. The lowest BCUT2D eigenvalue weighted by molar-refractivity contribution is -0.00754. The molecule has 0 radical (unpaired) electrons. The molecule has 0 saturated heterocycles. The zero-order valence-electron chi connectivity index (χ0n) is 12.0. The smallest absolute Gasteiger partial charge is 0.0602 e. The van der Waals surface area contributed by atoms with Gasteiger partial charge >= 0.3 is 0 Å². The highest BCUT2D eigenvalue weighted by Gasteiger charge is 2.35. The van der Waals surface area contributed by atoms with Gasteiger partial charge < -0.3 is 4.74 Å². The standard InChI is InChI=1S/C13H25OP.C2H6/c1-14-12-8-4-2-6-10(12)11-7-3-5-9-13(11)15;1-2/h10-13H,2-9,15H2,1H3;1-2H3. The van der Waals surface area contributed by atoms with Crippen LogP contribution in [0.5, 0.6) is 0 Å². The minimum absolute atomic E-state index is 0.560. The van der Waals surface area contributed by atoms with Crippen LogP contribution in [-0.2, 0) is 4.74 Å². The number of hydrogen-bond acceptors (Lipinski definition) is 1. The fourth-order valence-corrected chi connectivity index (χ4v) is 4.34. The number of hydrogen-bond donors (Lipinski definition) is 0. The van der Waals surface area contributed by atoms with Gasteiger partial charge in [-0.1, -0.05) is 39.5 Å². The first-order valence-corrected chi connectivity index (χ1v) is 8.28. The van der Waals surface area contributed by atoms with Gasteiger partial charge in [-0.25, -0.2) is 0 Å². The number of rotatable bonds is 2. The van der Waals surface area contributed by atoms with E-state index in [0.29, 0.717) is 6.10 Å². The molecule has 102 valence electrons. The van der Waals surface area contributed by atoms with Crippen molar-refractivity contribution in [2.24, 2.45) is 11.8 Å². The number of methoxy groups -OCH3 is 1. The molecular weight excluding hydrogens is 227 g/mol. The molecule has 0 spiro atoms. The maximum Gasteiger partial charge on any atom is 0.0602 e. The highest BCUT2D eigenvalue weighted by molar-refractivity contribution is 7.17. The predicted molar refractivity (Wildman–Crippen MR) is 79.6 cm³/mol. The van der Waals surface area contributed by atoms with Crippen LogP contribution in [0.3, 0.4) is 0 Å². The summed E-state index contributed by atoms with van der Waals surface area (Å²) in [6.07, 6.45) is 11.8. The van der Waals surface area contributed by atoms with Gasteiger partial charge in [0.15, 0.2) is 0 Å². The van der Waals surface area contributed by atoms with E-state index in [0.717, 1.165) is 17.5 Å². The molecule has 0 amide bonds. The lowest BCUT2D eigenvalue weighted by Crippen LogP contribution is -2.37. The van der Waals surface area contributed by atoms with E-state index in [4.69, 9.17) is 4.74 Å². The van der Waals surface area contributed by atoms with Gasteiger partial charge in [0.25, 0.3) is 0 Å². The van der Waals surface area contributed by atoms with E-state index < -0.39 is 0 Å². The SMILES string of the molecule is CC.COC1CCCCC1C1CCCCC1P. The minimum Gasteiger partial charge on any atom is -0.381 e. The summed E-state index contributed by atoms with van der Waals surface area (Å²) in [7, 11) is 5.00. The van der Waals surface area contributed by atoms with Gasteiger partial charge in [0, 0.05) is 7.11 Å². The molecule has 0 aliphatic heterocycles. The monoisotopic (exact) mass is 258 g/mol. The average molecular weight is 258 g/mol. The molecule has 0 aromatic heterocycles. The molecule has 5 unspecified atom stereocenters. The highest BCUT2D eigenvalue weighted by atomic mass is 31.0. The van der Waals surface area contributed by atoms with E-state index in [1.165, 1.54) is 51.4 Å². The van der Waals surface area contributed by atoms with Gasteiger partial charge in [-0.3, -0.25) is 0 Å². The molecule has 2 heteroatoms. The molecule has 2 rings (SSSR count). The van der Waals surface area contributed by atoms with Crippen molar-refractivity contribution in [3.8, 4) is 0 Å². The zero-order valence-corrected chi connectivity index (χ0v) is 13.1. The Morgan fingerprint density at radius 3 is 1.94 bits per heavy atom. The molecule has 0 aromatic rings. The Balaban J connectivity index is 0.000000686. The summed E-state index contributed by atoms with van der Waals surface area (Å²) < 4.78 is 5.70. The summed E-state index contributed by atoms with van der Waals surface area (Å²) in [4.78, 5) is 0. The van der Waals surface area contributed by atoms with Crippen LogP contribution in [0, 0.1) is 11.8 Å². The van der Waals surface area contributed by atoms with Gasteiger partial charge in [0.05, 0.1) is 6.10 Å². The third-order valence-electron chi connectivity index (χ3n) is 4.48. The zero-order chi connectivity index (χ0) is 12.7. The molecule has 0 aromatic carbocycles. The maximum absolute atomic E-state index is 5.70. The largest absolute Gasteiger partial charge is 0.381 e. The Bertz CT molecular complexity index is 195. The lowest BCUT2D eigenvalue weighted by Gasteiger charge is -2.41. The fourth-order valence-electron chi connectivity index (χ4n) is 3.63. The van der Waals surface area contributed by atoms with Gasteiger partial charge in [0.1, 0.15) is 0 Å². The van der Waals surface area contributed by atoms with E-state index in [1.54, 1.807) is 0 Å². The summed E-state index contributed by atoms with van der Waals surface area (Å²) in [5.74, 6) is 1.78. The van der Waals surface area contributed by atoms with Gasteiger partial charge in [-0.05, 0) is 43.2 Å². The molecule has 2 aliphatic carbocycles. The Kier molecular flexibility index (Phi) is 7.71. The van der Waals surface area contributed by atoms with E-state index in [-0.39, 0.29) is 0 Å². The molecule has 0 heterocycles. The Morgan fingerprint density at radius 1 is 0.824 bits per heavy atom. The Hall–Kier alpha value is 0.390. The third-order valence-corrected chi connectivity index (χ3v) is 5.31. The van der Waals surface area contributed by atoms with E-state index in [1.807, 2.05) is 21.0 Å². The second-order valence-electron chi connectivity index (χ2n) is 5.33. The average Bonchev–Trinajstić information content (AvgIpc) is 2.41. The first-order chi connectivity index (χ1) is 8.33. The van der Waals surface area contributed by atoms with Gasteiger partial charge in [0.2, 0.25) is 0 Å². The molecule has 2 aliphatic rings.